The summed E-state index contributed by atoms with van der Waals surface area (Å²) >= 11 is 0. The molecule has 0 fully saturated rings. The second kappa shape index (κ2) is 5.56. The lowest BCUT2D eigenvalue weighted by Crippen LogP contribution is -2.17. The van der Waals surface area contributed by atoms with Crippen LogP contribution in [0.3, 0.4) is 0 Å². The number of hydrogen-bond donors (Lipinski definition) is 3. The van der Waals surface area contributed by atoms with Gasteiger partial charge in [-0.25, -0.2) is 8.78 Å². The molecule has 1 amide bonds. The van der Waals surface area contributed by atoms with Crippen molar-refractivity contribution in [2.24, 2.45) is 0 Å². The molecule has 0 aliphatic carbocycles. The van der Waals surface area contributed by atoms with E-state index in [1.165, 1.54) is 18.2 Å². The van der Waals surface area contributed by atoms with E-state index in [1.54, 1.807) is 12.1 Å². The van der Waals surface area contributed by atoms with E-state index in [2.05, 4.69) is 5.32 Å². The fourth-order valence-electron chi connectivity index (χ4n) is 1.73. The van der Waals surface area contributed by atoms with Crippen LogP contribution in [-0.4, -0.2) is 11.0 Å². The zero-order valence-electron chi connectivity index (χ0n) is 10.4. The molecule has 4 nitrogen and oxygen atoms in total. The largest absolute Gasteiger partial charge is 0.508 e. The number of anilines is 2. The molecule has 0 atom stereocenters. The number of carbonyl (C=O) groups is 1. The second-order valence-corrected chi connectivity index (χ2v) is 4.22. The van der Waals surface area contributed by atoms with Crippen molar-refractivity contribution in [2.45, 2.75) is 6.42 Å². The number of nitrogen functional groups attached to an aromatic ring is 1. The molecule has 2 rings (SSSR count). The number of phenolic OH excluding ortho intramolecular Hbond substituents is 1. The minimum atomic E-state index is -1.20. The van der Waals surface area contributed by atoms with Crippen molar-refractivity contribution in [1.29, 1.82) is 0 Å². The minimum absolute atomic E-state index is 0.0201. The predicted octanol–water partition coefficient (Wildman–Crippen LogP) is 2.43. The van der Waals surface area contributed by atoms with E-state index in [0.717, 1.165) is 6.07 Å². The molecular formula is C14H12F2N2O2. The average Bonchev–Trinajstić information content (AvgIpc) is 2.39. The van der Waals surface area contributed by atoms with Crippen molar-refractivity contribution in [1.82, 2.24) is 0 Å². The van der Waals surface area contributed by atoms with Gasteiger partial charge in [0.05, 0.1) is 12.1 Å². The smallest absolute Gasteiger partial charge is 0.228 e. The third-order valence-corrected chi connectivity index (χ3v) is 2.67. The number of hydrogen-bond acceptors (Lipinski definition) is 3. The van der Waals surface area contributed by atoms with E-state index in [1.807, 2.05) is 0 Å². The highest BCUT2D eigenvalue weighted by Crippen LogP contribution is 2.24. The minimum Gasteiger partial charge on any atom is -0.508 e. The fourth-order valence-corrected chi connectivity index (χ4v) is 1.73. The Morgan fingerprint density at radius 1 is 1.25 bits per heavy atom. The molecule has 2 aromatic carbocycles. The van der Waals surface area contributed by atoms with Gasteiger partial charge >= 0.3 is 0 Å². The highest BCUT2D eigenvalue weighted by molar-refractivity contribution is 5.95. The van der Waals surface area contributed by atoms with Gasteiger partial charge in [0.25, 0.3) is 0 Å². The summed E-state index contributed by atoms with van der Waals surface area (Å²) in [7, 11) is 0. The molecule has 0 spiro atoms. The maximum absolute atomic E-state index is 13.5. The van der Waals surface area contributed by atoms with Gasteiger partial charge < -0.3 is 16.2 Å². The number of nitrogens with two attached hydrogens (primary N) is 1. The zero-order valence-corrected chi connectivity index (χ0v) is 10.4. The first kappa shape index (κ1) is 13.8. The van der Waals surface area contributed by atoms with Crippen LogP contribution in [0.1, 0.15) is 5.56 Å². The van der Waals surface area contributed by atoms with Crippen LogP contribution >= 0.6 is 0 Å². The van der Waals surface area contributed by atoms with Gasteiger partial charge in [-0.1, -0.05) is 12.1 Å². The summed E-state index contributed by atoms with van der Waals surface area (Å²) in [6.45, 7) is 0. The van der Waals surface area contributed by atoms with Crippen LogP contribution in [0.25, 0.3) is 0 Å². The number of amides is 1. The molecule has 6 heteroatoms. The van der Waals surface area contributed by atoms with Gasteiger partial charge in [0.15, 0.2) is 11.6 Å². The number of halogens is 2. The van der Waals surface area contributed by atoms with Crippen LogP contribution in [0, 0.1) is 11.6 Å². The zero-order chi connectivity index (χ0) is 14.7. The normalized spacial score (nSPS) is 10.3. The van der Waals surface area contributed by atoms with Gasteiger partial charge in [-0.15, -0.1) is 0 Å². The van der Waals surface area contributed by atoms with Crippen LogP contribution in [0.4, 0.5) is 20.2 Å². The summed E-state index contributed by atoms with van der Waals surface area (Å²) in [5.74, 6) is -2.83. The van der Waals surface area contributed by atoms with Crippen LogP contribution in [0.5, 0.6) is 5.75 Å². The lowest BCUT2D eigenvalue weighted by Gasteiger charge is -2.10. The molecule has 0 aliphatic heterocycles. The predicted molar refractivity (Wildman–Crippen MR) is 71.2 cm³/mol. The third-order valence-electron chi connectivity index (χ3n) is 2.67. The Labute approximate surface area is 113 Å². The summed E-state index contributed by atoms with van der Waals surface area (Å²) in [5, 5.41) is 11.5. The Bertz CT molecular complexity index is 660. The molecule has 2 aromatic rings. The lowest BCUT2D eigenvalue weighted by molar-refractivity contribution is -0.115. The highest BCUT2D eigenvalue weighted by Gasteiger charge is 2.14. The molecule has 0 radical (unpaired) electrons. The fraction of sp³-hybridized carbons (Fsp3) is 0.0714. The van der Waals surface area contributed by atoms with Crippen LogP contribution in [0.15, 0.2) is 36.4 Å². The van der Waals surface area contributed by atoms with E-state index in [0.29, 0.717) is 5.56 Å². The maximum atomic E-state index is 13.5. The van der Waals surface area contributed by atoms with Crippen molar-refractivity contribution in [2.75, 3.05) is 11.1 Å². The van der Waals surface area contributed by atoms with Gasteiger partial charge in [0.2, 0.25) is 5.91 Å². The number of aromatic hydroxyl groups is 1. The van der Waals surface area contributed by atoms with Crippen molar-refractivity contribution in [3.05, 3.63) is 53.6 Å². The summed E-state index contributed by atoms with van der Waals surface area (Å²) in [6, 6.07) is 8.13. The molecule has 0 unspecified atom stereocenters. The Balaban J connectivity index is 2.15. The first-order valence-electron chi connectivity index (χ1n) is 5.78. The summed E-state index contributed by atoms with van der Waals surface area (Å²) < 4.78 is 26.6. The molecule has 0 bridgehead atoms. The molecule has 0 aliphatic rings. The highest BCUT2D eigenvalue weighted by atomic mass is 19.2. The van der Waals surface area contributed by atoms with Gasteiger partial charge in [0.1, 0.15) is 11.4 Å². The Kier molecular flexibility index (Phi) is 3.84. The SMILES string of the molecule is Nc1ccc(F)c(F)c1NC(=O)Cc1cccc(O)c1. The number of phenols is 1. The van der Waals surface area contributed by atoms with Gasteiger partial charge in [-0.2, -0.15) is 0 Å². The van der Waals surface area contributed by atoms with E-state index >= 15 is 0 Å². The van der Waals surface area contributed by atoms with Crippen molar-refractivity contribution in [3.8, 4) is 5.75 Å². The van der Waals surface area contributed by atoms with E-state index in [4.69, 9.17) is 5.73 Å². The average molecular weight is 278 g/mol. The Morgan fingerprint density at radius 2 is 2.00 bits per heavy atom. The summed E-state index contributed by atoms with van der Waals surface area (Å²) in [5.41, 5.74) is 5.59. The summed E-state index contributed by atoms with van der Waals surface area (Å²) in [6.07, 6.45) is -0.0935. The van der Waals surface area contributed by atoms with Crippen LogP contribution in [-0.2, 0) is 11.2 Å². The van der Waals surface area contributed by atoms with E-state index in [-0.39, 0.29) is 23.5 Å². The molecule has 0 saturated heterocycles. The molecule has 20 heavy (non-hydrogen) atoms. The van der Waals surface area contributed by atoms with Crippen molar-refractivity contribution < 1.29 is 18.7 Å². The molecule has 104 valence electrons. The van der Waals surface area contributed by atoms with Gasteiger partial charge in [-0.05, 0) is 29.8 Å². The van der Waals surface area contributed by atoms with Crippen molar-refractivity contribution in [3.63, 3.8) is 0 Å². The molecule has 4 N–H and O–H groups in total. The third kappa shape index (κ3) is 3.03. The molecule has 0 saturated carbocycles. The summed E-state index contributed by atoms with van der Waals surface area (Å²) in [4.78, 5) is 11.8. The molecular weight excluding hydrogens is 266 g/mol. The number of rotatable bonds is 3. The quantitative estimate of drug-likeness (QED) is 0.755. The lowest BCUT2D eigenvalue weighted by atomic mass is 10.1. The van der Waals surface area contributed by atoms with Crippen LogP contribution in [0.2, 0.25) is 0 Å². The monoisotopic (exact) mass is 278 g/mol. The van der Waals surface area contributed by atoms with Crippen molar-refractivity contribution >= 4 is 17.3 Å². The Morgan fingerprint density at radius 3 is 2.70 bits per heavy atom. The standard InChI is InChI=1S/C14H12F2N2O2/c15-10-4-5-11(17)14(13(10)16)18-12(20)7-8-2-1-3-9(19)6-8/h1-6,19H,7,17H2,(H,18,20). The number of benzene rings is 2. The molecule has 0 heterocycles. The first-order chi connectivity index (χ1) is 9.47. The van der Waals surface area contributed by atoms with Gasteiger partial charge in [-0.3, -0.25) is 4.79 Å². The maximum Gasteiger partial charge on any atom is 0.228 e. The number of nitrogens with one attached hydrogen (secondary N) is 1. The van der Waals surface area contributed by atoms with Gasteiger partial charge in [0, 0.05) is 0 Å². The first-order valence-corrected chi connectivity index (χ1v) is 5.78. The van der Waals surface area contributed by atoms with E-state index in [9.17, 15) is 18.7 Å². The topological polar surface area (TPSA) is 75.3 Å². The second-order valence-electron chi connectivity index (χ2n) is 4.22. The van der Waals surface area contributed by atoms with E-state index < -0.39 is 17.5 Å². The number of carbonyl (C=O) groups excluding carboxylic acids is 1. The van der Waals surface area contributed by atoms with Crippen LogP contribution < -0.4 is 11.1 Å². The molecule has 0 aromatic heterocycles. The Hall–Kier alpha value is -2.63.